The van der Waals surface area contributed by atoms with Crippen LogP contribution < -0.4 is 28.4 Å². The molecule has 0 aliphatic carbocycles. The number of carbonyl (C=O) groups excluding carboxylic acids is 12. The van der Waals surface area contributed by atoms with E-state index in [4.69, 9.17) is 37.9 Å². The lowest BCUT2D eigenvalue weighted by atomic mass is 9.72. The number of esters is 4. The molecule has 0 aliphatic heterocycles. The first-order valence-electron chi connectivity index (χ1n) is 42.5. The molecular weight excluding hydrogens is 1540 g/mol. The number of Topliss-reactive ketones (excluding diaryl/α,β-unsaturated/α-hetero) is 8. The van der Waals surface area contributed by atoms with E-state index in [2.05, 4.69) is 146 Å². The van der Waals surface area contributed by atoms with Crippen LogP contribution in [0.5, 0.6) is 34.6 Å². The molecule has 0 fully saturated rings. The van der Waals surface area contributed by atoms with Gasteiger partial charge < -0.3 is 37.9 Å². The minimum atomic E-state index is -1.45. The molecule has 21 nitrogen and oxygen atoms in total. The molecule has 5 aromatic carbocycles. The number of carbonyl (C=O) groups is 12. The summed E-state index contributed by atoms with van der Waals surface area (Å²) in [4.78, 5) is 149. The number of ether oxygens (including phenoxy) is 8. The molecule has 6 aromatic rings. The Bertz CT molecular complexity index is 4250. The Labute approximate surface area is 720 Å². The van der Waals surface area contributed by atoms with Crippen molar-refractivity contribution in [3.63, 3.8) is 0 Å². The quantitative estimate of drug-likeness (QED) is 0.0148. The Balaban J connectivity index is 0.000000418. The summed E-state index contributed by atoms with van der Waals surface area (Å²) in [6, 6.07) is 45.0. The molecule has 1 heterocycles. The van der Waals surface area contributed by atoms with Gasteiger partial charge >= 0.3 is 23.9 Å². The van der Waals surface area contributed by atoms with Gasteiger partial charge in [0.25, 0.3) is 0 Å². The first-order chi connectivity index (χ1) is 56.7. The molecule has 0 N–H and O–H groups in total. The van der Waals surface area contributed by atoms with Crippen molar-refractivity contribution in [1.82, 2.24) is 4.98 Å². The van der Waals surface area contributed by atoms with Gasteiger partial charge in [-0.2, -0.15) is 0 Å². The molecule has 0 spiro atoms. The average molecular weight is 1670 g/mol. The van der Waals surface area contributed by atoms with Crippen molar-refractivity contribution in [3.05, 3.63) is 174 Å². The standard InChI is InChI=1S/C27H35NO5.C26H40O5.C24H28O5.C23H34O5/c1-19(29)24(25(31)33-23-11-7-8-16-28-23)22(30)10-9-17-32-21-14-12-20(13-15-21)27(5,6)18-26(2,3)4;1-8-9-16-31-24(29)23(19(2)27)22(28)11-10-17-30-21-14-12-20(13-15-21)26(6,7)18-25(3,4)5;1-17(25)22(23(27)29-20-9-6-5-7-10-20)21(26)11-8-16-28-19-14-12-18(13-15-19)24(2,3)4;1-6-8-15-28-22(26)21(17(3)24)19(25)13-11-16-27-20-14-10-9-12-18(20)23(4,5)7-2/h7-8,11-16,24H,9-10,17-18H2,1-6H3;12-15,23H,8-11,16-18H2,1-7H3;5-7,9-10,12-15,22H,8,11,16H2,1-4H3;9-10,12,14,21H,6-8,11,13,15-16H2,1-5H3. The Morgan fingerprint density at radius 1 is 0.322 bits per heavy atom. The number of unbranched alkanes of at least 4 members (excludes halogenated alkanes) is 2. The van der Waals surface area contributed by atoms with Crippen LogP contribution in [0.15, 0.2) is 152 Å². The zero-order valence-electron chi connectivity index (χ0n) is 76.2. The molecule has 0 saturated heterocycles. The number of benzene rings is 5. The molecule has 6 rings (SSSR count). The van der Waals surface area contributed by atoms with Crippen LogP contribution in [0.4, 0.5) is 0 Å². The molecule has 0 aliphatic rings. The summed E-state index contributed by atoms with van der Waals surface area (Å²) in [5.74, 6) is -9.10. The minimum absolute atomic E-state index is 0.00557. The fraction of sp³-hybridized carbons (Fsp3) is 0.530. The summed E-state index contributed by atoms with van der Waals surface area (Å²) in [6.45, 7) is 46.0. The van der Waals surface area contributed by atoms with Crippen LogP contribution in [0.25, 0.3) is 0 Å². The molecule has 121 heavy (non-hydrogen) atoms. The van der Waals surface area contributed by atoms with Crippen molar-refractivity contribution in [3.8, 4) is 34.6 Å². The number of pyridine rings is 1. The maximum Gasteiger partial charge on any atom is 0.330 e. The molecule has 0 saturated carbocycles. The predicted molar refractivity (Wildman–Crippen MR) is 471 cm³/mol. The van der Waals surface area contributed by atoms with Gasteiger partial charge in [0, 0.05) is 37.9 Å². The Kier molecular flexibility index (Phi) is 44.6. The van der Waals surface area contributed by atoms with E-state index in [1.54, 1.807) is 42.5 Å². The van der Waals surface area contributed by atoms with Gasteiger partial charge in [-0.3, -0.25) is 57.5 Å². The smallest absolute Gasteiger partial charge is 0.330 e. The van der Waals surface area contributed by atoms with Crippen molar-refractivity contribution in [2.75, 3.05) is 39.6 Å². The van der Waals surface area contributed by atoms with Crippen LogP contribution >= 0.6 is 0 Å². The van der Waals surface area contributed by atoms with Crippen LogP contribution in [0.3, 0.4) is 0 Å². The van der Waals surface area contributed by atoms with Gasteiger partial charge in [0.05, 0.1) is 39.6 Å². The minimum Gasteiger partial charge on any atom is -0.494 e. The summed E-state index contributed by atoms with van der Waals surface area (Å²) in [5.41, 5.74) is 5.50. The van der Waals surface area contributed by atoms with Gasteiger partial charge in [0.1, 0.15) is 28.7 Å². The van der Waals surface area contributed by atoms with Crippen LogP contribution in [0.1, 0.15) is 271 Å². The fourth-order valence-corrected chi connectivity index (χ4v) is 13.7. The van der Waals surface area contributed by atoms with Crippen LogP contribution in [0.2, 0.25) is 0 Å². The van der Waals surface area contributed by atoms with E-state index in [1.165, 1.54) is 56.6 Å². The van der Waals surface area contributed by atoms with E-state index >= 15 is 0 Å². The first kappa shape index (κ1) is 105. The third-order valence-electron chi connectivity index (χ3n) is 19.9. The molecule has 21 heteroatoms. The molecule has 4 unspecified atom stereocenters. The largest absolute Gasteiger partial charge is 0.494 e. The summed E-state index contributed by atoms with van der Waals surface area (Å²) in [7, 11) is 0. The lowest BCUT2D eigenvalue weighted by Crippen LogP contribution is -2.34. The number of hydrogen-bond donors (Lipinski definition) is 0. The molecule has 0 radical (unpaired) electrons. The molecule has 0 amide bonds. The summed E-state index contributed by atoms with van der Waals surface area (Å²) < 4.78 is 43.4. The van der Waals surface area contributed by atoms with Crippen molar-refractivity contribution >= 4 is 70.1 Å². The lowest BCUT2D eigenvalue weighted by molar-refractivity contribution is -0.157. The number of rotatable bonds is 46. The van der Waals surface area contributed by atoms with Crippen molar-refractivity contribution in [1.29, 1.82) is 0 Å². The fourth-order valence-electron chi connectivity index (χ4n) is 13.7. The van der Waals surface area contributed by atoms with Gasteiger partial charge in [0.2, 0.25) is 5.88 Å². The highest BCUT2D eigenvalue weighted by Crippen LogP contribution is 2.39. The molecule has 1 aromatic heterocycles. The van der Waals surface area contributed by atoms with Crippen molar-refractivity contribution in [2.45, 2.75) is 270 Å². The van der Waals surface area contributed by atoms with Crippen molar-refractivity contribution < 1.29 is 95.4 Å². The third kappa shape index (κ3) is 39.4. The first-order valence-corrected chi connectivity index (χ1v) is 42.5. The second kappa shape index (κ2) is 51.5. The van der Waals surface area contributed by atoms with Crippen molar-refractivity contribution in [2.24, 2.45) is 34.5 Å². The highest BCUT2D eigenvalue weighted by Gasteiger charge is 2.37. The number of hydrogen-bond acceptors (Lipinski definition) is 21. The molecule has 0 bridgehead atoms. The SMILES string of the molecule is CC(=O)C(C(=O)CCCOc1ccc(C(C)(C)C)cc1)C(=O)Oc1ccccc1.CC(=O)C(C(=O)CCCOc1ccc(C(C)(C)CC(C)(C)C)cc1)C(=O)Oc1ccccn1.CCCCOC(=O)C(C(C)=O)C(=O)CCCOc1ccc(C(C)(C)CC(C)(C)C)cc1.CCCCOC(=O)C(C(C)=O)C(=O)CCCOc1ccccc1C(C)(C)CC. The number of nitrogens with zero attached hydrogens (tertiary/aromatic N) is 1. The number of para-hydroxylation sites is 2. The molecular formula is C100H137NO20. The monoisotopic (exact) mass is 1670 g/mol. The number of aromatic nitrogens is 1. The van der Waals surface area contributed by atoms with E-state index in [-0.39, 0.29) is 77.3 Å². The Morgan fingerprint density at radius 3 is 0.983 bits per heavy atom. The van der Waals surface area contributed by atoms with Gasteiger partial charge in [-0.05, 0) is 201 Å². The van der Waals surface area contributed by atoms with Gasteiger partial charge in [-0.15, -0.1) is 0 Å². The van der Waals surface area contributed by atoms with Gasteiger partial charge in [-0.25, -0.2) is 4.98 Å². The van der Waals surface area contributed by atoms with E-state index in [9.17, 15) is 57.5 Å². The molecule has 4 atom stereocenters. The Morgan fingerprint density at radius 2 is 0.653 bits per heavy atom. The van der Waals surface area contributed by atoms with Gasteiger partial charge in [0.15, 0.2) is 69.9 Å². The topological polar surface area (TPSA) is 292 Å². The summed E-state index contributed by atoms with van der Waals surface area (Å²) >= 11 is 0. The predicted octanol–water partition coefficient (Wildman–Crippen LogP) is 20.2. The number of ketones is 8. The Hall–Kier alpha value is -10.3. The summed E-state index contributed by atoms with van der Waals surface area (Å²) in [5, 5.41) is 0. The zero-order valence-corrected chi connectivity index (χ0v) is 76.2. The molecule has 662 valence electrons. The van der Waals surface area contributed by atoms with E-state index in [0.29, 0.717) is 70.7 Å². The van der Waals surface area contributed by atoms with E-state index < -0.39 is 93.8 Å². The maximum atomic E-state index is 12.5. The van der Waals surface area contributed by atoms with Crippen LogP contribution in [0, 0.1) is 34.5 Å². The lowest BCUT2D eigenvalue weighted by Gasteiger charge is -2.33. The van der Waals surface area contributed by atoms with E-state index in [1.807, 2.05) is 80.6 Å². The van der Waals surface area contributed by atoms with Gasteiger partial charge in [-0.1, -0.05) is 216 Å². The second-order valence-corrected chi connectivity index (χ2v) is 36.0. The maximum absolute atomic E-state index is 12.5. The average Bonchev–Trinajstić information content (AvgIpc) is 0.830. The summed E-state index contributed by atoms with van der Waals surface area (Å²) in [6.07, 6.45) is 9.71. The highest BCUT2D eigenvalue weighted by atomic mass is 16.6. The normalized spacial score (nSPS) is 12.5. The van der Waals surface area contributed by atoms with E-state index in [0.717, 1.165) is 60.7 Å². The van der Waals surface area contributed by atoms with Crippen LogP contribution in [-0.4, -0.2) is 115 Å². The third-order valence-corrected chi connectivity index (χ3v) is 19.9. The zero-order chi connectivity index (χ0) is 90.9. The van der Waals surface area contributed by atoms with Crippen LogP contribution in [-0.2, 0) is 88.7 Å². The second-order valence-electron chi connectivity index (χ2n) is 36.0. The highest BCUT2D eigenvalue weighted by molar-refractivity contribution is 6.19.